The molecule has 1 heterocycles. The van der Waals surface area contributed by atoms with Gasteiger partial charge in [-0.2, -0.15) is 0 Å². The van der Waals surface area contributed by atoms with Gasteiger partial charge in [0.05, 0.1) is 6.54 Å². The number of nitrogens with zero attached hydrogens (tertiary/aromatic N) is 1. The molecule has 0 amide bonds. The molecule has 1 atom stereocenters. The second kappa shape index (κ2) is 6.13. The molecule has 2 N–H and O–H groups in total. The normalized spacial score (nSPS) is 13.3. The lowest BCUT2D eigenvalue weighted by Crippen LogP contribution is -2.39. The van der Waals surface area contributed by atoms with Crippen molar-refractivity contribution in [1.29, 1.82) is 0 Å². The van der Waals surface area contributed by atoms with Crippen LogP contribution in [-0.4, -0.2) is 16.0 Å². The van der Waals surface area contributed by atoms with Gasteiger partial charge >= 0.3 is 0 Å². The molecule has 1 unspecified atom stereocenters. The molecule has 0 saturated carbocycles. The molecule has 0 radical (unpaired) electrons. The van der Waals surface area contributed by atoms with Gasteiger partial charge in [0.25, 0.3) is 0 Å². The van der Waals surface area contributed by atoms with Crippen molar-refractivity contribution in [2.75, 3.05) is 0 Å². The molecule has 0 aliphatic rings. The summed E-state index contributed by atoms with van der Waals surface area (Å²) in [5.74, 6) is 1.01. The molecular weight excluding hydrogens is 210 g/mol. The summed E-state index contributed by atoms with van der Waals surface area (Å²) in [4.78, 5) is 7.28. The van der Waals surface area contributed by atoms with Gasteiger partial charge in [-0.15, -0.1) is 12.4 Å². The summed E-state index contributed by atoms with van der Waals surface area (Å²) >= 11 is 0. The summed E-state index contributed by atoms with van der Waals surface area (Å²) in [6, 6.07) is 0.535. The third kappa shape index (κ3) is 4.67. The van der Waals surface area contributed by atoms with Crippen LogP contribution in [0.25, 0.3) is 0 Å². The minimum absolute atomic E-state index is 0. The number of rotatable bonds is 4. The maximum absolute atomic E-state index is 4.19. The molecule has 0 fully saturated rings. The first-order valence-electron chi connectivity index (χ1n) is 5.25. The van der Waals surface area contributed by atoms with Gasteiger partial charge in [-0.05, 0) is 11.8 Å². The number of halogens is 1. The zero-order valence-corrected chi connectivity index (χ0v) is 10.8. The number of aromatic amines is 1. The van der Waals surface area contributed by atoms with Crippen molar-refractivity contribution in [1.82, 2.24) is 15.3 Å². The standard InChI is InChI=1S/C11H21N3.ClH/c1-5-9(11(2,3)4)14-8-10-12-6-7-13-10;/h6-7,9,14H,5,8H2,1-4H3,(H,12,13);1H. The quantitative estimate of drug-likeness (QED) is 0.837. The van der Waals surface area contributed by atoms with E-state index in [1.54, 1.807) is 6.20 Å². The van der Waals surface area contributed by atoms with Crippen LogP contribution in [0.15, 0.2) is 12.4 Å². The number of hydrogen-bond donors (Lipinski definition) is 2. The molecule has 4 heteroatoms. The fourth-order valence-corrected chi connectivity index (χ4v) is 1.68. The Bertz CT molecular complexity index is 251. The van der Waals surface area contributed by atoms with E-state index in [1.807, 2.05) is 6.20 Å². The molecule has 0 bridgehead atoms. The van der Waals surface area contributed by atoms with Gasteiger partial charge in [0.2, 0.25) is 0 Å². The smallest absolute Gasteiger partial charge is 0.120 e. The van der Waals surface area contributed by atoms with Gasteiger partial charge in [-0.1, -0.05) is 27.7 Å². The summed E-state index contributed by atoms with van der Waals surface area (Å²) in [5.41, 5.74) is 0.307. The van der Waals surface area contributed by atoms with E-state index in [0.29, 0.717) is 11.5 Å². The molecule has 0 aliphatic heterocycles. The molecule has 1 aromatic rings. The van der Waals surface area contributed by atoms with Crippen molar-refractivity contribution in [3.05, 3.63) is 18.2 Å². The Morgan fingerprint density at radius 3 is 2.53 bits per heavy atom. The van der Waals surface area contributed by atoms with Crippen LogP contribution in [0, 0.1) is 5.41 Å². The van der Waals surface area contributed by atoms with Crippen LogP contribution in [0.5, 0.6) is 0 Å². The van der Waals surface area contributed by atoms with Crippen LogP contribution in [0.3, 0.4) is 0 Å². The first-order chi connectivity index (χ1) is 6.54. The predicted octanol–water partition coefficient (Wildman–Crippen LogP) is 2.75. The zero-order chi connectivity index (χ0) is 10.6. The predicted molar refractivity (Wildman–Crippen MR) is 66.2 cm³/mol. The van der Waals surface area contributed by atoms with E-state index in [9.17, 15) is 0 Å². The monoisotopic (exact) mass is 231 g/mol. The number of nitrogens with one attached hydrogen (secondary N) is 2. The molecule has 0 saturated heterocycles. The Kier molecular flexibility index (Phi) is 5.91. The summed E-state index contributed by atoms with van der Waals surface area (Å²) in [7, 11) is 0. The van der Waals surface area contributed by atoms with Crippen LogP contribution >= 0.6 is 12.4 Å². The van der Waals surface area contributed by atoms with Crippen LogP contribution in [0.2, 0.25) is 0 Å². The SMILES string of the molecule is CCC(NCc1ncc[nH]1)C(C)(C)C.Cl. The number of aromatic nitrogens is 2. The second-order valence-corrected chi connectivity index (χ2v) is 4.74. The first kappa shape index (κ1) is 14.5. The molecule has 1 aromatic heterocycles. The van der Waals surface area contributed by atoms with Crippen molar-refractivity contribution < 1.29 is 0 Å². The molecule has 3 nitrogen and oxygen atoms in total. The molecule has 0 spiro atoms. The molecular formula is C11H22ClN3. The third-order valence-corrected chi connectivity index (χ3v) is 2.52. The van der Waals surface area contributed by atoms with E-state index in [0.717, 1.165) is 18.8 Å². The lowest BCUT2D eigenvalue weighted by Gasteiger charge is -2.30. The minimum Gasteiger partial charge on any atom is -0.348 e. The Labute approximate surface area is 98.5 Å². The van der Waals surface area contributed by atoms with Crippen molar-refractivity contribution >= 4 is 12.4 Å². The van der Waals surface area contributed by atoms with Crippen LogP contribution in [0.1, 0.15) is 39.9 Å². The molecule has 0 aromatic carbocycles. The van der Waals surface area contributed by atoms with Crippen molar-refractivity contribution in [2.24, 2.45) is 5.41 Å². The van der Waals surface area contributed by atoms with E-state index in [2.05, 4.69) is 43.0 Å². The van der Waals surface area contributed by atoms with Gasteiger partial charge in [0.1, 0.15) is 5.82 Å². The lowest BCUT2D eigenvalue weighted by atomic mass is 9.85. The Hall–Kier alpha value is -0.540. The van der Waals surface area contributed by atoms with Gasteiger partial charge in [-0.3, -0.25) is 0 Å². The maximum atomic E-state index is 4.19. The largest absolute Gasteiger partial charge is 0.348 e. The van der Waals surface area contributed by atoms with Crippen LogP contribution in [0.4, 0.5) is 0 Å². The van der Waals surface area contributed by atoms with E-state index in [-0.39, 0.29) is 12.4 Å². The number of hydrogen-bond acceptors (Lipinski definition) is 2. The fraction of sp³-hybridized carbons (Fsp3) is 0.727. The minimum atomic E-state index is 0. The van der Waals surface area contributed by atoms with Gasteiger partial charge in [0.15, 0.2) is 0 Å². The highest BCUT2D eigenvalue weighted by Crippen LogP contribution is 2.21. The average Bonchev–Trinajstić information content (AvgIpc) is 2.55. The Balaban J connectivity index is 0.00000196. The summed E-state index contributed by atoms with van der Waals surface area (Å²) < 4.78 is 0. The van der Waals surface area contributed by atoms with E-state index < -0.39 is 0 Å². The zero-order valence-electron chi connectivity index (χ0n) is 10.0. The topological polar surface area (TPSA) is 40.7 Å². The van der Waals surface area contributed by atoms with Gasteiger partial charge < -0.3 is 10.3 Å². The van der Waals surface area contributed by atoms with E-state index >= 15 is 0 Å². The molecule has 0 aliphatic carbocycles. The van der Waals surface area contributed by atoms with Crippen molar-refractivity contribution in [3.8, 4) is 0 Å². The van der Waals surface area contributed by atoms with Crippen LogP contribution in [-0.2, 0) is 6.54 Å². The highest BCUT2D eigenvalue weighted by molar-refractivity contribution is 5.85. The average molecular weight is 232 g/mol. The Morgan fingerprint density at radius 2 is 2.13 bits per heavy atom. The van der Waals surface area contributed by atoms with Crippen molar-refractivity contribution in [3.63, 3.8) is 0 Å². The van der Waals surface area contributed by atoms with E-state index in [4.69, 9.17) is 0 Å². The fourth-order valence-electron chi connectivity index (χ4n) is 1.68. The number of imidazole rings is 1. The molecule has 88 valence electrons. The molecule has 1 rings (SSSR count). The second-order valence-electron chi connectivity index (χ2n) is 4.74. The third-order valence-electron chi connectivity index (χ3n) is 2.52. The first-order valence-corrected chi connectivity index (χ1v) is 5.25. The van der Waals surface area contributed by atoms with Crippen LogP contribution < -0.4 is 5.32 Å². The highest BCUT2D eigenvalue weighted by Gasteiger charge is 2.22. The van der Waals surface area contributed by atoms with Gasteiger partial charge in [-0.25, -0.2) is 4.98 Å². The summed E-state index contributed by atoms with van der Waals surface area (Å²) in [6.45, 7) is 9.82. The highest BCUT2D eigenvalue weighted by atomic mass is 35.5. The number of H-pyrrole nitrogens is 1. The lowest BCUT2D eigenvalue weighted by molar-refractivity contribution is 0.258. The molecule has 15 heavy (non-hydrogen) atoms. The summed E-state index contributed by atoms with van der Waals surface area (Å²) in [6.07, 6.45) is 4.79. The van der Waals surface area contributed by atoms with E-state index in [1.165, 1.54) is 0 Å². The Morgan fingerprint density at radius 1 is 1.47 bits per heavy atom. The summed E-state index contributed by atoms with van der Waals surface area (Å²) in [5, 5.41) is 3.52. The van der Waals surface area contributed by atoms with Gasteiger partial charge in [0, 0.05) is 18.4 Å². The maximum Gasteiger partial charge on any atom is 0.120 e. The van der Waals surface area contributed by atoms with Crippen molar-refractivity contribution in [2.45, 2.75) is 46.7 Å².